The summed E-state index contributed by atoms with van der Waals surface area (Å²) in [6.45, 7) is 0. The van der Waals surface area contributed by atoms with Gasteiger partial charge >= 0.3 is 0 Å². The first-order valence-electron chi connectivity index (χ1n) is 37.6. The molecule has 524 valence electrons. The van der Waals surface area contributed by atoms with Crippen molar-refractivity contribution in [2.75, 3.05) is 0 Å². The lowest BCUT2D eigenvalue weighted by molar-refractivity contribution is 1.07. The molecule has 0 unspecified atom stereocenters. The summed E-state index contributed by atoms with van der Waals surface area (Å²) in [4.78, 5) is 29.9. The molecule has 16 aromatic carbocycles. The number of hydrogen-bond acceptors (Lipinski definition) is 8. The first-order chi connectivity index (χ1) is 55.5. The summed E-state index contributed by atoms with van der Waals surface area (Å²) in [6.07, 6.45) is 0. The van der Waals surface area contributed by atoms with E-state index in [1.165, 1.54) is 112 Å². The van der Waals surface area contributed by atoms with Crippen LogP contribution in [-0.2, 0) is 0 Å². The zero-order valence-corrected chi connectivity index (χ0v) is 62.0. The van der Waals surface area contributed by atoms with Gasteiger partial charge in [0.05, 0.1) is 33.4 Å². The largest absolute Gasteiger partial charge is 0.309 e. The van der Waals surface area contributed by atoms with Crippen LogP contribution in [0.1, 0.15) is 0 Å². The molecule has 10 heteroatoms. The average Bonchev–Trinajstić information content (AvgIpc) is 1.58. The molecule has 8 nitrogen and oxygen atoms in total. The van der Waals surface area contributed by atoms with E-state index in [0.717, 1.165) is 61.4 Å². The van der Waals surface area contributed by atoms with Crippen molar-refractivity contribution in [3.05, 3.63) is 388 Å². The van der Waals surface area contributed by atoms with Crippen molar-refractivity contribution in [1.29, 1.82) is 0 Å². The molecule has 0 spiro atoms. The van der Waals surface area contributed by atoms with E-state index in [1.807, 2.05) is 144 Å². The van der Waals surface area contributed by atoms with E-state index in [-0.39, 0.29) is 0 Å². The number of nitrogens with zero attached hydrogens (tertiary/aromatic N) is 8. The van der Waals surface area contributed by atoms with Crippen molar-refractivity contribution in [3.8, 4) is 124 Å². The Morgan fingerprint density at radius 1 is 0.170 bits per heavy atom. The minimum Gasteiger partial charge on any atom is -0.309 e. The minimum atomic E-state index is 0.639. The Labute approximate surface area is 653 Å². The van der Waals surface area contributed by atoms with Crippen LogP contribution in [0.5, 0.6) is 0 Å². The quantitative estimate of drug-likeness (QED) is 0.121. The number of thiophene rings is 2. The van der Waals surface area contributed by atoms with Gasteiger partial charge in [-0.05, 0) is 101 Å². The van der Waals surface area contributed by atoms with Gasteiger partial charge in [-0.1, -0.05) is 309 Å². The summed E-state index contributed by atoms with van der Waals surface area (Å²) >= 11 is 3.70. The standard InChI is InChI=1S/2C51H32N4S/c1-3-16-33(17-4-1)49-52-50(34-18-5-2-6-19-34)54-51(53-49)36-21-15-20-35(30-36)42-31-37(32-43-41-25-10-14-29-47(41)56-48(42)43)38-22-7-11-26-44(38)55-45-27-12-8-23-39(45)40-24-9-13-28-46(40)55;1-3-15-34(16-4-1)49-52-50(35-17-5-2-6-18-35)54-51(53-49)36-29-27-33(28-30-36)42-31-37(32-43-41-22-10-14-26-47(41)56-48(42)43)38-19-7-11-23-44(38)55-45-24-12-8-20-39(45)40-21-9-13-25-46(40)55/h2*1-32H. The Morgan fingerprint density at radius 3 is 0.830 bits per heavy atom. The molecule has 0 radical (unpaired) electrons. The van der Waals surface area contributed by atoms with Crippen molar-refractivity contribution < 1.29 is 0 Å². The monoisotopic (exact) mass is 1460 g/mol. The van der Waals surface area contributed by atoms with Crippen LogP contribution >= 0.6 is 22.7 Å². The molecule has 0 fully saturated rings. The first-order valence-corrected chi connectivity index (χ1v) is 39.2. The van der Waals surface area contributed by atoms with Crippen molar-refractivity contribution in [2.24, 2.45) is 0 Å². The fourth-order valence-electron chi connectivity index (χ4n) is 16.1. The maximum Gasteiger partial charge on any atom is 0.164 e. The number of para-hydroxylation sites is 6. The molecule has 0 atom stereocenters. The molecule has 6 heterocycles. The van der Waals surface area contributed by atoms with Crippen LogP contribution in [0.3, 0.4) is 0 Å². The van der Waals surface area contributed by atoms with Crippen molar-refractivity contribution in [2.45, 2.75) is 0 Å². The van der Waals surface area contributed by atoms with Gasteiger partial charge in [-0.2, -0.15) is 0 Å². The highest BCUT2D eigenvalue weighted by atomic mass is 32.1. The van der Waals surface area contributed by atoms with Crippen LogP contribution in [0.4, 0.5) is 0 Å². The molecular formula is C102H64N8S2. The highest BCUT2D eigenvalue weighted by Gasteiger charge is 2.24. The fourth-order valence-corrected chi connectivity index (χ4v) is 18.5. The molecule has 0 aliphatic rings. The number of fused-ring (bicyclic) bond motifs is 12. The fraction of sp³-hybridized carbons (Fsp3) is 0. The second-order valence-corrected chi connectivity index (χ2v) is 30.1. The predicted octanol–water partition coefficient (Wildman–Crippen LogP) is 27.3. The maximum atomic E-state index is 5.06. The highest BCUT2D eigenvalue weighted by molar-refractivity contribution is 7.26. The smallest absolute Gasteiger partial charge is 0.164 e. The van der Waals surface area contributed by atoms with E-state index < -0.39 is 0 Å². The molecule has 6 aromatic heterocycles. The maximum absolute atomic E-state index is 5.06. The third kappa shape index (κ3) is 11.8. The van der Waals surface area contributed by atoms with E-state index in [2.05, 4.69) is 276 Å². The lowest BCUT2D eigenvalue weighted by atomic mass is 9.94. The van der Waals surface area contributed by atoms with Gasteiger partial charge in [-0.15, -0.1) is 22.7 Å². The molecule has 0 saturated heterocycles. The Morgan fingerprint density at radius 2 is 0.446 bits per heavy atom. The van der Waals surface area contributed by atoms with E-state index >= 15 is 0 Å². The van der Waals surface area contributed by atoms with Crippen LogP contribution in [0.15, 0.2) is 388 Å². The number of aromatic nitrogens is 8. The lowest BCUT2D eigenvalue weighted by Gasteiger charge is -2.16. The average molecular weight is 1470 g/mol. The molecule has 0 amide bonds. The number of hydrogen-bond donors (Lipinski definition) is 0. The van der Waals surface area contributed by atoms with Crippen LogP contribution in [-0.4, -0.2) is 39.0 Å². The van der Waals surface area contributed by atoms with Crippen LogP contribution in [0.2, 0.25) is 0 Å². The molecule has 112 heavy (non-hydrogen) atoms. The molecule has 22 rings (SSSR count). The molecule has 22 aromatic rings. The third-order valence-corrected chi connectivity index (χ3v) is 23.8. The van der Waals surface area contributed by atoms with Gasteiger partial charge in [0.15, 0.2) is 34.9 Å². The van der Waals surface area contributed by atoms with Crippen molar-refractivity contribution >= 4 is 107 Å². The van der Waals surface area contributed by atoms with Crippen LogP contribution < -0.4 is 0 Å². The summed E-state index contributed by atoms with van der Waals surface area (Å²) in [7, 11) is 0. The summed E-state index contributed by atoms with van der Waals surface area (Å²) in [5.41, 5.74) is 22.1. The van der Waals surface area contributed by atoms with E-state index in [0.29, 0.717) is 34.9 Å². The second kappa shape index (κ2) is 28.0. The Balaban J connectivity index is 0.000000141. The van der Waals surface area contributed by atoms with Gasteiger partial charge in [0.1, 0.15) is 0 Å². The van der Waals surface area contributed by atoms with Gasteiger partial charge in [0, 0.05) is 118 Å². The zero-order chi connectivity index (χ0) is 74.0. The van der Waals surface area contributed by atoms with E-state index in [9.17, 15) is 0 Å². The summed E-state index contributed by atoms with van der Waals surface area (Å²) in [6, 6.07) is 137. The van der Waals surface area contributed by atoms with Gasteiger partial charge in [-0.25, -0.2) is 29.9 Å². The van der Waals surface area contributed by atoms with Crippen molar-refractivity contribution in [3.63, 3.8) is 0 Å². The van der Waals surface area contributed by atoms with Crippen molar-refractivity contribution in [1.82, 2.24) is 39.0 Å². The molecule has 0 aliphatic carbocycles. The van der Waals surface area contributed by atoms with Gasteiger partial charge in [0.25, 0.3) is 0 Å². The Bertz CT molecular complexity index is 7150. The molecule has 0 aliphatic heterocycles. The van der Waals surface area contributed by atoms with Crippen LogP contribution in [0, 0.1) is 0 Å². The number of rotatable bonds is 12. The summed E-state index contributed by atoms with van der Waals surface area (Å²) in [5.74, 6) is 3.89. The topological polar surface area (TPSA) is 87.2 Å². The van der Waals surface area contributed by atoms with Gasteiger partial charge in [-0.3, -0.25) is 0 Å². The Hall–Kier alpha value is -14.4. The molecule has 0 bridgehead atoms. The van der Waals surface area contributed by atoms with Crippen LogP contribution in [0.25, 0.3) is 208 Å². The first kappa shape index (κ1) is 65.8. The molecular weight excluding hydrogens is 1400 g/mol. The Kier molecular flexibility index (Phi) is 16.4. The molecule has 0 saturated carbocycles. The summed E-state index contributed by atoms with van der Waals surface area (Å²) < 4.78 is 9.92. The number of benzene rings is 16. The SMILES string of the molecule is c1ccc(-c2nc(-c3ccccc3)nc(-c3ccc(-c4cc(-c5ccccc5-n5c6ccccc6c6ccccc65)cc5c4sc4ccccc45)cc3)n2)cc1.c1ccc(-c2nc(-c3ccccc3)nc(-c3cccc(-c4cc(-c5ccccc5-n5c6ccccc6c6ccccc65)cc5c4sc4ccccc45)c3)n2)cc1. The summed E-state index contributed by atoms with van der Waals surface area (Å²) in [5, 5.41) is 10.0. The zero-order valence-electron chi connectivity index (χ0n) is 60.3. The van der Waals surface area contributed by atoms with E-state index in [1.54, 1.807) is 0 Å². The van der Waals surface area contributed by atoms with Gasteiger partial charge < -0.3 is 9.13 Å². The van der Waals surface area contributed by atoms with Gasteiger partial charge in [0.2, 0.25) is 0 Å². The lowest BCUT2D eigenvalue weighted by Crippen LogP contribution is -2.00. The third-order valence-electron chi connectivity index (χ3n) is 21.3. The molecule has 0 N–H and O–H groups in total. The highest BCUT2D eigenvalue weighted by Crippen LogP contribution is 2.48. The normalized spacial score (nSPS) is 11.6. The minimum absolute atomic E-state index is 0.639. The van der Waals surface area contributed by atoms with E-state index in [4.69, 9.17) is 29.9 Å². The second-order valence-electron chi connectivity index (χ2n) is 28.0. The predicted molar refractivity (Wildman–Crippen MR) is 468 cm³/mol.